The molecule has 1 saturated heterocycles. The minimum atomic E-state index is -0.418. The van der Waals surface area contributed by atoms with Gasteiger partial charge in [-0.25, -0.2) is 0 Å². The van der Waals surface area contributed by atoms with Crippen molar-refractivity contribution in [2.75, 3.05) is 6.61 Å². The van der Waals surface area contributed by atoms with Crippen LogP contribution in [-0.2, 0) is 4.74 Å². The van der Waals surface area contributed by atoms with Crippen molar-refractivity contribution in [3.8, 4) is 0 Å². The second-order valence-electron chi connectivity index (χ2n) is 1.37. The van der Waals surface area contributed by atoms with Crippen molar-refractivity contribution in [3.05, 3.63) is 0 Å². The van der Waals surface area contributed by atoms with Gasteiger partial charge in [0.15, 0.2) is 0 Å². The Labute approximate surface area is 64.0 Å². The molecule has 7 heavy (non-hydrogen) atoms. The monoisotopic (exact) mass is 331 g/mol. The van der Waals surface area contributed by atoms with Gasteiger partial charge in [-0.1, -0.05) is 0 Å². The fourth-order valence-electron chi connectivity index (χ4n) is 0.288. The Balaban J connectivity index is 2.10. The molecule has 42 valence electrons. The standard InChI is InChI=1S/C3H5OS.Po.H2S/c5-2-3-1-4-3;;/h2-3,5H,1H2;;1H2/q;+1;/p-1. The van der Waals surface area contributed by atoms with E-state index >= 15 is 0 Å². The van der Waals surface area contributed by atoms with Gasteiger partial charge in [0, 0.05) is 0 Å². The Morgan fingerprint density at radius 2 is 2.43 bits per heavy atom. The van der Waals surface area contributed by atoms with Crippen LogP contribution in [0.15, 0.2) is 0 Å². The van der Waals surface area contributed by atoms with Gasteiger partial charge in [-0.15, -0.1) is 0 Å². The number of rotatable bonds is 2. The van der Waals surface area contributed by atoms with Gasteiger partial charge >= 0.3 is 64.4 Å². The number of thiol groups is 2. The van der Waals surface area contributed by atoms with Crippen LogP contribution in [0.3, 0.4) is 0 Å². The van der Waals surface area contributed by atoms with Crippen molar-refractivity contribution in [2.45, 2.75) is 9.01 Å². The molecule has 0 saturated carbocycles. The fourth-order valence-corrected chi connectivity index (χ4v) is 2.79. The van der Waals surface area contributed by atoms with Gasteiger partial charge in [-0.3, -0.25) is 0 Å². The number of hydrogen-bond acceptors (Lipinski definition) is 3. The zero-order valence-corrected chi connectivity index (χ0v) is 8.54. The maximum atomic E-state index is 4.98. The SMILES string of the molecule is [SH][Po][CH](S)C1CO1. The molecule has 0 radical (unpaired) electrons. The van der Waals surface area contributed by atoms with Gasteiger partial charge < -0.3 is 0 Å². The first kappa shape index (κ1) is 6.67. The van der Waals surface area contributed by atoms with Crippen LogP contribution in [-0.4, -0.2) is 37.7 Å². The molecule has 0 aliphatic carbocycles. The summed E-state index contributed by atoms with van der Waals surface area (Å²) in [5, 5.41) is 0. The van der Waals surface area contributed by atoms with Crippen LogP contribution in [0, 0.1) is 0 Å². The summed E-state index contributed by atoms with van der Waals surface area (Å²) in [6.45, 7) is 0.925. The molecule has 1 heterocycles. The molecule has 1 aliphatic heterocycles. The van der Waals surface area contributed by atoms with E-state index < -0.39 is 22.1 Å². The third-order valence-electron chi connectivity index (χ3n) is 0.785. The van der Waals surface area contributed by atoms with E-state index in [2.05, 4.69) is 21.9 Å². The zero-order chi connectivity index (χ0) is 5.28. The van der Waals surface area contributed by atoms with Crippen molar-refractivity contribution in [2.24, 2.45) is 0 Å². The van der Waals surface area contributed by atoms with Crippen molar-refractivity contribution in [3.63, 3.8) is 0 Å². The summed E-state index contributed by atoms with van der Waals surface area (Å²) in [6, 6.07) is 0. The van der Waals surface area contributed by atoms with Crippen LogP contribution in [0.25, 0.3) is 0 Å². The normalized spacial score (nSPS) is 32.6. The zero-order valence-electron chi connectivity index (χ0n) is 3.57. The molecule has 4 heteroatoms. The second kappa shape index (κ2) is 2.91. The van der Waals surface area contributed by atoms with E-state index in [-0.39, 0.29) is 0 Å². The van der Waals surface area contributed by atoms with Crippen molar-refractivity contribution >= 4 is 44.0 Å². The van der Waals surface area contributed by atoms with Gasteiger partial charge in [0.1, 0.15) is 0 Å². The van der Waals surface area contributed by atoms with Crippen LogP contribution in [0.1, 0.15) is 0 Å². The van der Waals surface area contributed by atoms with Crippen molar-refractivity contribution in [1.82, 2.24) is 0 Å². The van der Waals surface area contributed by atoms with Gasteiger partial charge in [0.2, 0.25) is 0 Å². The molecule has 0 bridgehead atoms. The first-order valence-electron chi connectivity index (χ1n) is 1.94. The minimum absolute atomic E-state index is 0.418. The fraction of sp³-hybridized carbons (Fsp3) is 1.00. The van der Waals surface area contributed by atoms with Crippen LogP contribution >= 0.6 is 21.9 Å². The van der Waals surface area contributed by atoms with Crippen LogP contribution in [0.2, 0.25) is 0 Å². The quantitative estimate of drug-likeness (QED) is 0.544. The number of hydrogen-bond donors (Lipinski definition) is 2. The van der Waals surface area contributed by atoms with E-state index in [0.29, 0.717) is 9.01 Å². The first-order chi connectivity index (χ1) is 3.34. The van der Waals surface area contributed by atoms with Gasteiger partial charge in [0.05, 0.1) is 0 Å². The van der Waals surface area contributed by atoms with Crippen LogP contribution in [0.4, 0.5) is 0 Å². The average molecular weight is 331 g/mol. The van der Waals surface area contributed by atoms with E-state index in [1.54, 1.807) is 0 Å². The summed E-state index contributed by atoms with van der Waals surface area (Å²) in [6.07, 6.45) is 0.478. The summed E-state index contributed by atoms with van der Waals surface area (Å²) in [7, 11) is 4.21. The predicted octanol–water partition coefficient (Wildman–Crippen LogP) is 0.190. The van der Waals surface area contributed by atoms with E-state index in [0.717, 1.165) is 6.61 Å². The predicted molar refractivity (Wildman–Crippen MR) is 37.3 cm³/mol. The molecule has 1 aliphatic rings. The number of epoxide rings is 1. The summed E-state index contributed by atoms with van der Waals surface area (Å²) in [5.74, 6) is 0. The molecule has 0 spiro atoms. The molecule has 0 amide bonds. The molecule has 1 fully saturated rings. The third kappa shape index (κ3) is 2.09. The van der Waals surface area contributed by atoms with Gasteiger partial charge in [-0.05, 0) is 0 Å². The topological polar surface area (TPSA) is 12.5 Å². The Kier molecular flexibility index (Phi) is 2.78. The average Bonchev–Trinajstić information content (AvgIpc) is 2.44. The molecule has 0 N–H and O–H groups in total. The molecule has 2 unspecified atom stereocenters. The van der Waals surface area contributed by atoms with E-state index in [4.69, 9.17) is 4.74 Å². The molecular formula is C3H6OPoS2. The number of ether oxygens (including phenoxy) is 1. The summed E-state index contributed by atoms with van der Waals surface area (Å²) < 4.78 is 5.49. The van der Waals surface area contributed by atoms with E-state index in [1.807, 2.05) is 0 Å². The second-order valence-corrected chi connectivity index (χ2v) is 8.06. The van der Waals surface area contributed by atoms with Crippen LogP contribution < -0.4 is 0 Å². The molecule has 0 aromatic heterocycles. The Hall–Kier alpha value is 1.56. The molecule has 1 rings (SSSR count). The third-order valence-corrected chi connectivity index (χ3v) is 7.51. The summed E-state index contributed by atoms with van der Waals surface area (Å²) in [5.41, 5.74) is 0. The maximum absolute atomic E-state index is 4.98. The van der Waals surface area contributed by atoms with Crippen molar-refractivity contribution in [1.29, 1.82) is 0 Å². The first-order valence-corrected chi connectivity index (χ1v) is 8.92. The van der Waals surface area contributed by atoms with E-state index in [9.17, 15) is 0 Å². The van der Waals surface area contributed by atoms with Crippen LogP contribution in [0.5, 0.6) is 0 Å². The molecule has 0 aromatic rings. The Morgan fingerprint density at radius 3 is 2.57 bits per heavy atom. The summed E-state index contributed by atoms with van der Waals surface area (Å²) >= 11 is 3.84. The van der Waals surface area contributed by atoms with Gasteiger partial charge in [-0.2, -0.15) is 0 Å². The summed E-state index contributed by atoms with van der Waals surface area (Å²) in [4.78, 5) is 0. The Morgan fingerprint density at radius 1 is 1.86 bits per heavy atom. The van der Waals surface area contributed by atoms with E-state index in [1.165, 1.54) is 0 Å². The van der Waals surface area contributed by atoms with Crippen molar-refractivity contribution < 1.29 is 4.74 Å². The molecule has 1 nitrogen and oxygen atoms in total. The molecule has 0 aromatic carbocycles. The molecular weight excluding hydrogens is 325 g/mol. The Bertz CT molecular complexity index is 66.0. The van der Waals surface area contributed by atoms with Gasteiger partial charge in [0.25, 0.3) is 0 Å². The molecule has 2 atom stereocenters.